The molecule has 110 valence electrons. The lowest BCUT2D eigenvalue weighted by atomic mass is 9.67. The van der Waals surface area contributed by atoms with E-state index in [2.05, 4.69) is 62.3 Å². The second-order valence-electron chi connectivity index (χ2n) is 8.14. The minimum atomic E-state index is 0.0646. The first-order valence-corrected chi connectivity index (χ1v) is 7.86. The van der Waals surface area contributed by atoms with Gasteiger partial charge in [-0.25, -0.2) is 0 Å². The third-order valence-electron chi connectivity index (χ3n) is 4.56. The molecule has 1 rings (SSSR count). The Kier molecular flexibility index (Phi) is 4.81. The Balaban J connectivity index is 3.82. The van der Waals surface area contributed by atoms with E-state index >= 15 is 0 Å². The molecule has 0 aliphatic carbocycles. The molecule has 0 nitrogen and oxygen atoms in total. The zero-order chi connectivity index (χ0) is 16.0. The number of rotatable bonds is 1. The van der Waals surface area contributed by atoms with Gasteiger partial charge >= 0.3 is 0 Å². The summed E-state index contributed by atoms with van der Waals surface area (Å²) in [5, 5.41) is 0. The molecule has 0 fully saturated rings. The maximum absolute atomic E-state index is 6.33. The Hall–Kier alpha value is -0.365. The Morgan fingerprint density at radius 2 is 1.40 bits per heavy atom. The van der Waals surface area contributed by atoms with Crippen molar-refractivity contribution in [2.45, 2.75) is 78.5 Å². The highest BCUT2D eigenvalue weighted by Crippen LogP contribution is 2.43. The first-order valence-electron chi connectivity index (χ1n) is 7.42. The van der Waals surface area contributed by atoms with E-state index in [1.165, 1.54) is 16.7 Å². The molecule has 0 saturated heterocycles. The first-order chi connectivity index (χ1) is 8.80. The second kappa shape index (κ2) is 5.44. The lowest BCUT2D eigenvalue weighted by Crippen LogP contribution is -2.28. The van der Waals surface area contributed by atoms with Crippen LogP contribution in [0.2, 0.25) is 0 Å². The molecule has 1 atom stereocenters. The molecule has 0 saturated carbocycles. The van der Waals surface area contributed by atoms with E-state index in [0.29, 0.717) is 5.92 Å². The average molecular weight is 288 g/mol. The monoisotopic (exact) mass is 288 g/mol. The normalized spacial score (nSPS) is 14.5. The largest absolute Gasteiger partial charge is 0.143 e. The van der Waals surface area contributed by atoms with Gasteiger partial charge in [-0.15, -0.1) is 12.6 Å². The molecular weight excluding hydrogens is 259 g/mol. The van der Waals surface area contributed by atoms with Crippen LogP contribution in [0.5, 0.6) is 0 Å². The van der Waals surface area contributed by atoms with Crippen LogP contribution in [-0.4, -0.2) is 7.85 Å². The molecule has 1 aromatic carbocycles. The minimum Gasteiger partial charge on any atom is -0.143 e. The summed E-state index contributed by atoms with van der Waals surface area (Å²) in [6.45, 7) is 20.2. The number of hydrogen-bond acceptors (Lipinski definition) is 1. The third-order valence-corrected chi connectivity index (χ3v) is 5.11. The molecule has 0 N–H and O–H groups in total. The summed E-state index contributed by atoms with van der Waals surface area (Å²) >= 11 is 4.80. The van der Waals surface area contributed by atoms with Gasteiger partial charge < -0.3 is 0 Å². The predicted octanol–water partition coefficient (Wildman–Crippen LogP) is 4.83. The molecule has 1 unspecified atom stereocenters. The molecule has 0 aromatic heterocycles. The fraction of sp³-hybridized carbons (Fsp3) is 0.667. The zero-order valence-corrected chi connectivity index (χ0v) is 15.5. The number of thiol groups is 1. The molecule has 0 bridgehead atoms. The van der Waals surface area contributed by atoms with E-state index in [-0.39, 0.29) is 10.8 Å². The molecule has 2 radical (unpaired) electrons. The van der Waals surface area contributed by atoms with Gasteiger partial charge in [-0.3, -0.25) is 0 Å². The highest BCUT2D eigenvalue weighted by Gasteiger charge is 2.31. The summed E-state index contributed by atoms with van der Waals surface area (Å²) in [6, 6.07) is 0. The molecule has 0 heterocycles. The minimum absolute atomic E-state index is 0.0646. The maximum atomic E-state index is 6.33. The van der Waals surface area contributed by atoms with Gasteiger partial charge in [-0.1, -0.05) is 59.5 Å². The van der Waals surface area contributed by atoms with Crippen LogP contribution in [0.25, 0.3) is 0 Å². The van der Waals surface area contributed by atoms with Crippen LogP contribution in [-0.2, 0) is 5.41 Å². The Bertz CT molecular complexity index is 516. The average Bonchev–Trinajstić information content (AvgIpc) is 2.27. The van der Waals surface area contributed by atoms with Crippen molar-refractivity contribution in [1.29, 1.82) is 0 Å². The molecule has 0 spiro atoms. The van der Waals surface area contributed by atoms with Gasteiger partial charge in [0.15, 0.2) is 0 Å². The van der Waals surface area contributed by atoms with E-state index in [9.17, 15) is 0 Å². The van der Waals surface area contributed by atoms with Crippen LogP contribution in [0.4, 0.5) is 0 Å². The van der Waals surface area contributed by atoms with Gasteiger partial charge in [0.2, 0.25) is 0 Å². The van der Waals surface area contributed by atoms with Crippen molar-refractivity contribution in [2.24, 2.45) is 5.41 Å². The molecule has 1 aromatic rings. The molecular formula is C18H29BS. The lowest BCUT2D eigenvalue weighted by Gasteiger charge is -2.37. The van der Waals surface area contributed by atoms with Crippen molar-refractivity contribution in [3.05, 3.63) is 22.3 Å². The highest BCUT2D eigenvalue weighted by molar-refractivity contribution is 7.80. The van der Waals surface area contributed by atoms with Crippen molar-refractivity contribution in [2.75, 3.05) is 0 Å². The van der Waals surface area contributed by atoms with E-state index in [0.717, 1.165) is 15.9 Å². The molecule has 0 amide bonds. The van der Waals surface area contributed by atoms with Crippen LogP contribution in [0, 0.1) is 19.3 Å². The quantitative estimate of drug-likeness (QED) is 0.555. The van der Waals surface area contributed by atoms with E-state index < -0.39 is 0 Å². The lowest BCUT2D eigenvalue weighted by molar-refractivity contribution is 0.333. The van der Waals surface area contributed by atoms with Crippen LogP contribution in [0.3, 0.4) is 0 Å². The van der Waals surface area contributed by atoms with Crippen LogP contribution >= 0.6 is 12.6 Å². The van der Waals surface area contributed by atoms with Gasteiger partial charge in [0.25, 0.3) is 0 Å². The Morgan fingerprint density at radius 1 is 0.950 bits per heavy atom. The highest BCUT2D eigenvalue weighted by atomic mass is 32.1. The fourth-order valence-electron chi connectivity index (χ4n) is 2.79. The van der Waals surface area contributed by atoms with E-state index in [1.54, 1.807) is 0 Å². The zero-order valence-electron chi connectivity index (χ0n) is 14.6. The maximum Gasteiger partial charge on any atom is 0.114 e. The van der Waals surface area contributed by atoms with Crippen molar-refractivity contribution >= 4 is 25.9 Å². The summed E-state index contributed by atoms with van der Waals surface area (Å²) in [5.41, 5.74) is 6.25. The van der Waals surface area contributed by atoms with Gasteiger partial charge in [-0.2, -0.15) is 0 Å². The summed E-state index contributed by atoms with van der Waals surface area (Å²) in [5.74, 6) is 0.436. The van der Waals surface area contributed by atoms with Gasteiger partial charge in [0.1, 0.15) is 7.85 Å². The van der Waals surface area contributed by atoms with Crippen LogP contribution in [0.1, 0.15) is 76.6 Å². The standard InChI is InChI=1S/C18H29BS/c1-10-13(12(3)17(4,5)6)14(18(7,8)9)16(20)11(2)15(10)19/h12,20H,1-9H3. The molecule has 0 aliphatic rings. The molecule has 20 heavy (non-hydrogen) atoms. The van der Waals surface area contributed by atoms with Crippen molar-refractivity contribution in [1.82, 2.24) is 0 Å². The van der Waals surface area contributed by atoms with Crippen molar-refractivity contribution in [3.8, 4) is 0 Å². The summed E-state index contributed by atoms with van der Waals surface area (Å²) in [6.07, 6.45) is 0. The summed E-state index contributed by atoms with van der Waals surface area (Å²) in [4.78, 5) is 1.06. The van der Waals surface area contributed by atoms with E-state index in [4.69, 9.17) is 20.5 Å². The second-order valence-corrected chi connectivity index (χ2v) is 8.59. The van der Waals surface area contributed by atoms with Crippen LogP contribution < -0.4 is 5.46 Å². The molecule has 0 aliphatic heterocycles. The SMILES string of the molecule is [B]c1c(C)c(S)c(C(C)(C)C)c(C(C)C(C)(C)C)c1C. The topological polar surface area (TPSA) is 0 Å². The number of benzene rings is 1. The Labute approximate surface area is 132 Å². The summed E-state index contributed by atoms with van der Waals surface area (Å²) < 4.78 is 0. The smallest absolute Gasteiger partial charge is 0.114 e. The fourth-order valence-corrected chi connectivity index (χ4v) is 3.37. The first kappa shape index (κ1) is 17.7. The van der Waals surface area contributed by atoms with Gasteiger partial charge in [0.05, 0.1) is 0 Å². The van der Waals surface area contributed by atoms with Crippen molar-refractivity contribution < 1.29 is 0 Å². The van der Waals surface area contributed by atoms with Crippen LogP contribution in [0.15, 0.2) is 4.90 Å². The molecule has 2 heteroatoms. The number of hydrogen-bond donors (Lipinski definition) is 1. The van der Waals surface area contributed by atoms with Crippen molar-refractivity contribution in [3.63, 3.8) is 0 Å². The summed E-state index contributed by atoms with van der Waals surface area (Å²) in [7, 11) is 6.33. The van der Waals surface area contributed by atoms with Gasteiger partial charge in [-0.05, 0) is 47.3 Å². The predicted molar refractivity (Wildman–Crippen MR) is 95.1 cm³/mol. The third kappa shape index (κ3) is 3.11. The van der Waals surface area contributed by atoms with Gasteiger partial charge in [0, 0.05) is 4.90 Å². The Morgan fingerprint density at radius 3 is 1.75 bits per heavy atom. The van der Waals surface area contributed by atoms with E-state index in [1.807, 2.05) is 0 Å².